The largest absolute Gasteiger partial charge is 0.228 e. The van der Waals surface area contributed by atoms with E-state index in [1.54, 1.807) is 6.92 Å². The van der Waals surface area contributed by atoms with E-state index >= 15 is 0 Å². The summed E-state index contributed by atoms with van der Waals surface area (Å²) in [6.45, 7) is 1.71. The Hall–Kier alpha value is -0.0900. The second kappa shape index (κ2) is 2.28. The molecule has 0 saturated heterocycles. The van der Waals surface area contributed by atoms with E-state index in [1.807, 2.05) is 0 Å². The monoisotopic (exact) mass is 122 g/mol. The standard InChI is InChI=1S/C3H8NO2S/c1-2-3-7(4,5)6/h3H,2H2,1H3,(H2,4,5,6). The van der Waals surface area contributed by atoms with Crippen LogP contribution in [-0.2, 0) is 10.0 Å². The molecule has 43 valence electrons. The zero-order valence-electron chi connectivity index (χ0n) is 4.09. The maximum atomic E-state index is 9.95. The fraction of sp³-hybridized carbons (Fsp3) is 0.667. The summed E-state index contributed by atoms with van der Waals surface area (Å²) in [5.41, 5.74) is 0. The van der Waals surface area contributed by atoms with Crippen molar-refractivity contribution in [2.24, 2.45) is 5.14 Å². The quantitative estimate of drug-likeness (QED) is 0.553. The smallest absolute Gasteiger partial charge is 0.213 e. The van der Waals surface area contributed by atoms with Gasteiger partial charge in [0.2, 0.25) is 10.0 Å². The Morgan fingerprint density at radius 1 is 1.71 bits per heavy atom. The lowest BCUT2D eigenvalue weighted by molar-refractivity contribution is 0.602. The maximum absolute atomic E-state index is 9.95. The number of hydrogen-bond acceptors (Lipinski definition) is 2. The molecule has 0 fully saturated rings. The van der Waals surface area contributed by atoms with Gasteiger partial charge < -0.3 is 0 Å². The van der Waals surface area contributed by atoms with Crippen LogP contribution in [0.5, 0.6) is 0 Å². The number of primary sulfonamides is 1. The molecule has 0 bridgehead atoms. The molecule has 0 heterocycles. The van der Waals surface area contributed by atoms with Gasteiger partial charge in [0.05, 0.1) is 5.75 Å². The van der Waals surface area contributed by atoms with Crippen molar-refractivity contribution < 1.29 is 8.42 Å². The summed E-state index contributed by atoms with van der Waals surface area (Å²) < 4.78 is 19.9. The van der Waals surface area contributed by atoms with Crippen LogP contribution in [-0.4, -0.2) is 8.42 Å². The molecule has 0 aliphatic heterocycles. The summed E-state index contributed by atoms with van der Waals surface area (Å²) in [5, 5.41) is 4.56. The van der Waals surface area contributed by atoms with Crippen molar-refractivity contribution in [3.05, 3.63) is 5.75 Å². The molecule has 0 rings (SSSR count). The van der Waals surface area contributed by atoms with Crippen LogP contribution in [0.4, 0.5) is 0 Å². The first-order valence-corrected chi connectivity index (χ1v) is 3.53. The van der Waals surface area contributed by atoms with Crippen LogP contribution in [0.1, 0.15) is 13.3 Å². The maximum Gasteiger partial charge on any atom is 0.213 e. The molecule has 4 heteroatoms. The third-order valence-electron chi connectivity index (χ3n) is 0.399. The molecular formula is C3H8NO2S. The van der Waals surface area contributed by atoms with Gasteiger partial charge in [0.25, 0.3) is 0 Å². The van der Waals surface area contributed by atoms with Crippen LogP contribution < -0.4 is 5.14 Å². The van der Waals surface area contributed by atoms with Gasteiger partial charge in [-0.1, -0.05) is 6.92 Å². The fourth-order valence-corrected chi connectivity index (χ4v) is 0.697. The van der Waals surface area contributed by atoms with E-state index in [9.17, 15) is 8.42 Å². The van der Waals surface area contributed by atoms with Crippen molar-refractivity contribution in [1.29, 1.82) is 0 Å². The van der Waals surface area contributed by atoms with E-state index in [1.165, 1.54) is 0 Å². The lowest BCUT2D eigenvalue weighted by atomic mass is 10.6. The summed E-state index contributed by atoms with van der Waals surface area (Å²) >= 11 is 0. The molecule has 1 radical (unpaired) electrons. The van der Waals surface area contributed by atoms with E-state index in [0.717, 1.165) is 5.75 Å². The second-order valence-corrected chi connectivity index (χ2v) is 2.68. The van der Waals surface area contributed by atoms with Gasteiger partial charge in [-0.25, -0.2) is 13.6 Å². The highest BCUT2D eigenvalue weighted by molar-refractivity contribution is 7.91. The molecule has 0 spiro atoms. The van der Waals surface area contributed by atoms with Gasteiger partial charge in [-0.3, -0.25) is 0 Å². The molecule has 0 unspecified atom stereocenters. The Morgan fingerprint density at radius 2 is 2.14 bits per heavy atom. The lowest BCUT2D eigenvalue weighted by Gasteiger charge is -1.86. The van der Waals surface area contributed by atoms with Crippen LogP contribution in [0, 0.1) is 5.75 Å². The predicted molar refractivity (Wildman–Crippen MR) is 27.7 cm³/mol. The van der Waals surface area contributed by atoms with Crippen molar-refractivity contribution in [1.82, 2.24) is 0 Å². The van der Waals surface area contributed by atoms with Crippen LogP contribution in [0.25, 0.3) is 0 Å². The minimum Gasteiger partial charge on any atom is -0.228 e. The SMILES string of the molecule is CC[CH]S(N)(=O)=O. The van der Waals surface area contributed by atoms with Crippen molar-refractivity contribution >= 4 is 10.0 Å². The third kappa shape index (κ3) is 5.91. The summed E-state index contributed by atoms with van der Waals surface area (Å²) in [6, 6.07) is 0. The summed E-state index contributed by atoms with van der Waals surface area (Å²) in [6.07, 6.45) is 0.471. The van der Waals surface area contributed by atoms with Crippen LogP contribution in [0.15, 0.2) is 0 Å². The van der Waals surface area contributed by atoms with Crippen LogP contribution in [0.3, 0.4) is 0 Å². The van der Waals surface area contributed by atoms with Crippen LogP contribution >= 0.6 is 0 Å². The molecular weight excluding hydrogens is 114 g/mol. The Kier molecular flexibility index (Phi) is 2.25. The molecule has 0 aromatic rings. The highest BCUT2D eigenvalue weighted by Gasteiger charge is 1.96. The highest BCUT2D eigenvalue weighted by Crippen LogP contribution is 1.88. The predicted octanol–water partition coefficient (Wildman–Crippen LogP) is -0.153. The Labute approximate surface area is 43.6 Å². The van der Waals surface area contributed by atoms with E-state index < -0.39 is 10.0 Å². The molecule has 0 aliphatic rings. The third-order valence-corrected chi connectivity index (χ3v) is 1.20. The van der Waals surface area contributed by atoms with Gasteiger partial charge in [0.1, 0.15) is 0 Å². The zero-order chi connectivity index (χ0) is 5.91. The molecule has 0 amide bonds. The molecule has 0 aromatic heterocycles. The first-order valence-electron chi connectivity index (χ1n) is 1.92. The topological polar surface area (TPSA) is 60.2 Å². The number of nitrogens with two attached hydrogens (primary N) is 1. The summed E-state index contributed by atoms with van der Waals surface area (Å²) in [7, 11) is -3.30. The Balaban J connectivity index is 3.60. The number of hydrogen-bond donors (Lipinski definition) is 1. The molecule has 0 saturated carbocycles. The molecule has 7 heavy (non-hydrogen) atoms. The molecule has 0 aliphatic carbocycles. The minimum absolute atomic E-state index is 0.471. The van der Waals surface area contributed by atoms with Gasteiger partial charge in [-0.2, -0.15) is 0 Å². The minimum atomic E-state index is -3.30. The van der Waals surface area contributed by atoms with Crippen molar-refractivity contribution in [3.63, 3.8) is 0 Å². The average Bonchev–Trinajstić information content (AvgIpc) is 1.30. The highest BCUT2D eigenvalue weighted by atomic mass is 32.2. The Morgan fingerprint density at radius 3 is 2.14 bits per heavy atom. The van der Waals surface area contributed by atoms with Gasteiger partial charge in [-0.15, -0.1) is 0 Å². The number of sulfonamides is 1. The van der Waals surface area contributed by atoms with Crippen molar-refractivity contribution in [3.8, 4) is 0 Å². The van der Waals surface area contributed by atoms with Crippen LogP contribution in [0.2, 0.25) is 0 Å². The molecule has 0 atom stereocenters. The van der Waals surface area contributed by atoms with Gasteiger partial charge in [0, 0.05) is 0 Å². The molecule has 0 aromatic carbocycles. The summed E-state index contributed by atoms with van der Waals surface area (Å²) in [5.74, 6) is 1.06. The molecule has 3 nitrogen and oxygen atoms in total. The second-order valence-electron chi connectivity index (χ2n) is 1.16. The Bertz CT molecular complexity index is 126. The molecule has 2 N–H and O–H groups in total. The van der Waals surface area contributed by atoms with Crippen molar-refractivity contribution in [2.45, 2.75) is 13.3 Å². The first kappa shape index (κ1) is 6.91. The van der Waals surface area contributed by atoms with E-state index in [2.05, 4.69) is 5.14 Å². The van der Waals surface area contributed by atoms with E-state index in [-0.39, 0.29) is 0 Å². The van der Waals surface area contributed by atoms with Gasteiger partial charge in [0.15, 0.2) is 0 Å². The normalized spacial score (nSPS) is 11.7. The first-order chi connectivity index (χ1) is 3.06. The fourth-order valence-electron chi connectivity index (χ4n) is 0.232. The van der Waals surface area contributed by atoms with Gasteiger partial charge >= 0.3 is 0 Å². The van der Waals surface area contributed by atoms with E-state index in [4.69, 9.17) is 0 Å². The number of rotatable bonds is 2. The van der Waals surface area contributed by atoms with Crippen molar-refractivity contribution in [2.75, 3.05) is 0 Å². The summed E-state index contributed by atoms with van der Waals surface area (Å²) in [4.78, 5) is 0. The van der Waals surface area contributed by atoms with Gasteiger partial charge in [-0.05, 0) is 6.42 Å². The zero-order valence-corrected chi connectivity index (χ0v) is 4.90. The van der Waals surface area contributed by atoms with E-state index in [0.29, 0.717) is 6.42 Å². The average molecular weight is 122 g/mol. The lowest BCUT2D eigenvalue weighted by Crippen LogP contribution is -2.10.